The Bertz CT molecular complexity index is 1260. The first kappa shape index (κ1) is 22.0. The Morgan fingerprint density at radius 3 is 2.73 bits per heavy atom. The first-order valence-electron chi connectivity index (χ1n) is 11.1. The van der Waals surface area contributed by atoms with Crippen molar-refractivity contribution in [2.75, 3.05) is 31.7 Å². The lowest BCUT2D eigenvalue weighted by Crippen LogP contribution is -2.51. The van der Waals surface area contributed by atoms with Crippen LogP contribution in [0, 0.1) is 23.7 Å². The van der Waals surface area contributed by atoms with E-state index in [9.17, 15) is 5.26 Å². The van der Waals surface area contributed by atoms with Gasteiger partial charge in [0.15, 0.2) is 5.75 Å². The third-order valence-electron chi connectivity index (χ3n) is 7.29. The quantitative estimate of drug-likeness (QED) is 0.629. The molecule has 9 heteroatoms. The zero-order valence-electron chi connectivity index (χ0n) is 19.0. The van der Waals surface area contributed by atoms with E-state index in [1.54, 1.807) is 12.3 Å². The summed E-state index contributed by atoms with van der Waals surface area (Å²) in [5.41, 5.74) is 10.1. The van der Waals surface area contributed by atoms with Gasteiger partial charge in [0.05, 0.1) is 36.1 Å². The molecule has 1 spiro atoms. The second-order valence-electron chi connectivity index (χ2n) is 9.00. The largest absolute Gasteiger partial charge is 0.494 e. The van der Waals surface area contributed by atoms with Crippen molar-refractivity contribution in [1.82, 2.24) is 14.4 Å². The molecule has 2 saturated heterocycles. The molecule has 0 saturated carbocycles. The topological polar surface area (TPSA) is 102 Å². The molecule has 2 aliphatic rings. The van der Waals surface area contributed by atoms with E-state index >= 15 is 0 Å². The molecular weight excluding hydrogens is 440 g/mol. The summed E-state index contributed by atoms with van der Waals surface area (Å²) in [6, 6.07) is 5.73. The Morgan fingerprint density at radius 2 is 2.09 bits per heavy atom. The summed E-state index contributed by atoms with van der Waals surface area (Å²) in [4.78, 5) is 11.9. The van der Waals surface area contributed by atoms with Crippen molar-refractivity contribution in [1.29, 1.82) is 5.26 Å². The molecule has 0 aliphatic carbocycles. The van der Waals surface area contributed by atoms with Crippen molar-refractivity contribution in [3.05, 3.63) is 40.8 Å². The maximum absolute atomic E-state index is 9.38. The highest BCUT2D eigenvalue weighted by Gasteiger charge is 2.47. The molecule has 2 N–H and O–H groups in total. The normalized spacial score (nSPS) is 22.1. The van der Waals surface area contributed by atoms with Gasteiger partial charge in [-0.3, -0.25) is 4.40 Å². The number of piperidine rings is 1. The minimum absolute atomic E-state index is 0.0471. The number of hydrogen-bond acceptors (Lipinski definition) is 7. The van der Waals surface area contributed by atoms with Crippen LogP contribution in [-0.4, -0.2) is 53.3 Å². The minimum Gasteiger partial charge on any atom is -0.494 e. The van der Waals surface area contributed by atoms with Gasteiger partial charge in [0.1, 0.15) is 11.7 Å². The van der Waals surface area contributed by atoms with Crippen LogP contribution in [0.2, 0.25) is 5.02 Å². The van der Waals surface area contributed by atoms with Gasteiger partial charge in [-0.25, -0.2) is 9.97 Å². The Balaban J connectivity index is 1.54. The first-order chi connectivity index (χ1) is 15.9. The summed E-state index contributed by atoms with van der Waals surface area (Å²) in [5, 5.41) is 9.76. The zero-order valence-corrected chi connectivity index (χ0v) is 19.8. The number of benzene rings is 1. The molecule has 2 fully saturated rings. The van der Waals surface area contributed by atoms with Gasteiger partial charge in [0, 0.05) is 48.1 Å². The number of nitriles is 1. The third-order valence-corrected chi connectivity index (χ3v) is 7.66. The number of methoxy groups -OCH3 is 1. The smallest absolute Gasteiger partial charge is 0.211 e. The summed E-state index contributed by atoms with van der Waals surface area (Å²) in [7, 11) is 1.51. The van der Waals surface area contributed by atoms with Crippen LogP contribution in [0.5, 0.6) is 5.75 Å². The molecule has 0 radical (unpaired) electrons. The molecule has 8 nitrogen and oxygen atoms in total. The van der Waals surface area contributed by atoms with Crippen LogP contribution in [0.3, 0.4) is 0 Å². The van der Waals surface area contributed by atoms with Crippen molar-refractivity contribution in [3.8, 4) is 22.9 Å². The molecule has 2 aliphatic heterocycles. The van der Waals surface area contributed by atoms with Crippen molar-refractivity contribution >= 4 is 23.2 Å². The van der Waals surface area contributed by atoms with Gasteiger partial charge < -0.3 is 20.1 Å². The van der Waals surface area contributed by atoms with E-state index in [4.69, 9.17) is 31.8 Å². The lowest BCUT2D eigenvalue weighted by Gasteiger charge is -2.41. The molecule has 2 aromatic heterocycles. The van der Waals surface area contributed by atoms with Crippen LogP contribution in [0.1, 0.15) is 31.0 Å². The summed E-state index contributed by atoms with van der Waals surface area (Å²) in [6.07, 6.45) is 5.73. The summed E-state index contributed by atoms with van der Waals surface area (Å²) >= 11 is 6.67. The van der Waals surface area contributed by atoms with E-state index < -0.39 is 0 Å². The highest BCUT2D eigenvalue weighted by molar-refractivity contribution is 6.35. The molecule has 2 atom stereocenters. The Morgan fingerprint density at radius 1 is 1.33 bits per heavy atom. The summed E-state index contributed by atoms with van der Waals surface area (Å²) < 4.78 is 13.3. The van der Waals surface area contributed by atoms with E-state index in [-0.39, 0.29) is 17.6 Å². The van der Waals surface area contributed by atoms with Crippen LogP contribution in [0.4, 0.5) is 5.95 Å². The highest BCUT2D eigenvalue weighted by Crippen LogP contribution is 2.43. The molecule has 4 heterocycles. The second-order valence-corrected chi connectivity index (χ2v) is 9.38. The number of aryl methyl sites for hydroxylation is 1. The van der Waals surface area contributed by atoms with Gasteiger partial charge in [-0.05, 0) is 32.8 Å². The second kappa shape index (κ2) is 8.17. The predicted octanol–water partition coefficient (Wildman–Crippen LogP) is 3.57. The SMILES string of the molecule is COc1c(C#N)ccc(-c2c(C)nc(N3CCC4(CC3)CO[C@@H](C)[C@H]4N)n3ccnc23)c1Cl. The van der Waals surface area contributed by atoms with Gasteiger partial charge in [0.2, 0.25) is 5.95 Å². The first-order valence-corrected chi connectivity index (χ1v) is 11.5. The van der Waals surface area contributed by atoms with Crippen molar-refractivity contribution < 1.29 is 9.47 Å². The number of nitrogens with zero attached hydrogens (tertiary/aromatic N) is 5. The predicted molar refractivity (Wildman–Crippen MR) is 127 cm³/mol. The number of nitrogens with two attached hydrogens (primary N) is 1. The fourth-order valence-electron chi connectivity index (χ4n) is 5.27. The maximum Gasteiger partial charge on any atom is 0.211 e. The number of rotatable bonds is 3. The molecule has 172 valence electrons. The van der Waals surface area contributed by atoms with Crippen molar-refractivity contribution in [3.63, 3.8) is 0 Å². The standard InChI is InChI=1S/C24H27ClN6O2/c1-14-18(17-5-4-16(12-26)20(32-3)19(17)25)22-28-8-11-31(22)23(29-14)30-9-6-24(7-10-30)13-33-15(2)21(24)27/h4-5,8,11,15,21H,6-7,9-10,13,27H2,1-3H3/t15-,21+/m0/s1. The minimum atomic E-state index is 0.0471. The van der Waals surface area contributed by atoms with Crippen LogP contribution in [0.25, 0.3) is 16.8 Å². The lowest BCUT2D eigenvalue weighted by molar-refractivity contribution is 0.0973. The Kier molecular flexibility index (Phi) is 5.44. The molecule has 33 heavy (non-hydrogen) atoms. The Labute approximate surface area is 197 Å². The summed E-state index contributed by atoms with van der Waals surface area (Å²) in [6.45, 7) is 6.47. The number of anilines is 1. The fourth-order valence-corrected chi connectivity index (χ4v) is 5.61. The number of aromatic nitrogens is 3. The molecule has 5 rings (SSSR count). The zero-order chi connectivity index (χ0) is 23.3. The van der Waals surface area contributed by atoms with E-state index in [0.29, 0.717) is 16.3 Å². The fraction of sp³-hybridized carbons (Fsp3) is 0.458. The number of halogens is 1. The number of ether oxygens (including phenoxy) is 2. The molecule has 0 unspecified atom stereocenters. The van der Waals surface area contributed by atoms with Crippen LogP contribution < -0.4 is 15.4 Å². The molecule has 0 amide bonds. The van der Waals surface area contributed by atoms with Gasteiger partial charge in [-0.2, -0.15) is 5.26 Å². The third kappa shape index (κ3) is 3.34. The van der Waals surface area contributed by atoms with Gasteiger partial charge in [-0.1, -0.05) is 17.7 Å². The van der Waals surface area contributed by atoms with E-state index in [1.807, 2.05) is 23.6 Å². The average Bonchev–Trinajstić information content (AvgIpc) is 3.41. The Hall–Kier alpha value is -2.86. The average molecular weight is 467 g/mol. The number of imidazole rings is 1. The monoisotopic (exact) mass is 466 g/mol. The van der Waals surface area contributed by atoms with Crippen molar-refractivity contribution in [2.24, 2.45) is 11.1 Å². The maximum atomic E-state index is 9.38. The van der Waals surface area contributed by atoms with Crippen LogP contribution >= 0.6 is 11.6 Å². The van der Waals surface area contributed by atoms with Gasteiger partial charge in [-0.15, -0.1) is 0 Å². The van der Waals surface area contributed by atoms with E-state index in [1.165, 1.54) is 7.11 Å². The molecule has 0 bridgehead atoms. The lowest BCUT2D eigenvalue weighted by atomic mass is 9.73. The van der Waals surface area contributed by atoms with Gasteiger partial charge >= 0.3 is 0 Å². The highest BCUT2D eigenvalue weighted by atomic mass is 35.5. The number of hydrogen-bond donors (Lipinski definition) is 1. The summed E-state index contributed by atoms with van der Waals surface area (Å²) in [5.74, 6) is 1.21. The van der Waals surface area contributed by atoms with Gasteiger partial charge in [0.25, 0.3) is 0 Å². The molecule has 3 aromatic rings. The van der Waals surface area contributed by atoms with E-state index in [2.05, 4.69) is 22.9 Å². The van der Waals surface area contributed by atoms with E-state index in [0.717, 1.165) is 61.0 Å². The van der Waals surface area contributed by atoms with Crippen LogP contribution in [0.15, 0.2) is 24.5 Å². The van der Waals surface area contributed by atoms with Crippen molar-refractivity contribution in [2.45, 2.75) is 38.8 Å². The molecular formula is C24H27ClN6O2. The molecule has 1 aromatic carbocycles. The number of fused-ring (bicyclic) bond motifs is 1. The van der Waals surface area contributed by atoms with Crippen LogP contribution in [-0.2, 0) is 4.74 Å².